The molecule has 0 aromatic rings. The van der Waals surface area contributed by atoms with Gasteiger partial charge in [-0.25, -0.2) is 0 Å². The van der Waals surface area contributed by atoms with Crippen LogP contribution in [-0.2, 0) is 0 Å². The first-order valence-corrected chi connectivity index (χ1v) is 4.52. The standard InChI is InChI=1S/C10H16/c1-7-8(2)10-6-4-3-5-9(7)10/h7-8H,3-6H2,1-2H3/t7-,8+. The largest absolute Gasteiger partial charge is 0.0673 e. The van der Waals surface area contributed by atoms with Crippen LogP contribution in [0, 0.1) is 11.8 Å². The van der Waals surface area contributed by atoms with Gasteiger partial charge >= 0.3 is 0 Å². The maximum atomic E-state index is 2.38. The monoisotopic (exact) mass is 136 g/mol. The van der Waals surface area contributed by atoms with E-state index in [-0.39, 0.29) is 0 Å². The molecule has 0 saturated carbocycles. The lowest BCUT2D eigenvalue weighted by molar-refractivity contribution is 0.363. The minimum absolute atomic E-state index is 0.926. The van der Waals surface area contributed by atoms with Gasteiger partial charge in [0.05, 0.1) is 0 Å². The fourth-order valence-electron chi connectivity index (χ4n) is 2.50. The Hall–Kier alpha value is -0.260. The topological polar surface area (TPSA) is 0 Å². The van der Waals surface area contributed by atoms with Crippen molar-refractivity contribution in [2.24, 2.45) is 11.8 Å². The highest BCUT2D eigenvalue weighted by molar-refractivity contribution is 5.32. The summed E-state index contributed by atoms with van der Waals surface area (Å²) in [5, 5.41) is 0. The van der Waals surface area contributed by atoms with Gasteiger partial charge in [-0.1, -0.05) is 25.0 Å². The molecule has 56 valence electrons. The smallest absolute Gasteiger partial charge is 0.0166 e. The van der Waals surface area contributed by atoms with Crippen molar-refractivity contribution in [3.8, 4) is 0 Å². The van der Waals surface area contributed by atoms with Crippen molar-refractivity contribution in [2.75, 3.05) is 0 Å². The molecule has 0 radical (unpaired) electrons. The highest BCUT2D eigenvalue weighted by Gasteiger charge is 2.33. The maximum absolute atomic E-state index is 2.38. The van der Waals surface area contributed by atoms with Gasteiger partial charge in [0.1, 0.15) is 0 Å². The molecule has 0 fully saturated rings. The molecule has 2 atom stereocenters. The summed E-state index contributed by atoms with van der Waals surface area (Å²) in [7, 11) is 0. The Balaban J connectivity index is 2.21. The molecular formula is C10H16. The van der Waals surface area contributed by atoms with Crippen LogP contribution in [-0.4, -0.2) is 0 Å². The zero-order valence-electron chi connectivity index (χ0n) is 6.98. The predicted molar refractivity (Wildman–Crippen MR) is 43.8 cm³/mol. The average Bonchev–Trinajstić information content (AvgIpc) is 2.03. The molecule has 0 spiro atoms. The van der Waals surface area contributed by atoms with Crippen LogP contribution in [0.3, 0.4) is 0 Å². The van der Waals surface area contributed by atoms with Crippen molar-refractivity contribution in [3.63, 3.8) is 0 Å². The van der Waals surface area contributed by atoms with Gasteiger partial charge in [0, 0.05) is 0 Å². The van der Waals surface area contributed by atoms with Crippen molar-refractivity contribution >= 4 is 0 Å². The summed E-state index contributed by atoms with van der Waals surface area (Å²) in [5.74, 6) is 1.85. The van der Waals surface area contributed by atoms with Crippen LogP contribution in [0.4, 0.5) is 0 Å². The molecule has 0 aliphatic heterocycles. The zero-order valence-corrected chi connectivity index (χ0v) is 6.98. The van der Waals surface area contributed by atoms with Gasteiger partial charge in [-0.3, -0.25) is 0 Å². The van der Waals surface area contributed by atoms with Gasteiger partial charge in [-0.05, 0) is 37.5 Å². The SMILES string of the molecule is C[C@@H]1C2=C(CCCC2)[C@@H]1C. The van der Waals surface area contributed by atoms with E-state index in [0.717, 1.165) is 11.8 Å². The minimum Gasteiger partial charge on any atom is -0.0673 e. The van der Waals surface area contributed by atoms with Crippen LogP contribution < -0.4 is 0 Å². The third-order valence-corrected chi connectivity index (χ3v) is 3.40. The van der Waals surface area contributed by atoms with E-state index in [1.165, 1.54) is 25.7 Å². The Morgan fingerprint density at radius 2 is 1.30 bits per heavy atom. The molecule has 0 nitrogen and oxygen atoms in total. The second-order valence-corrected chi connectivity index (χ2v) is 3.83. The van der Waals surface area contributed by atoms with E-state index >= 15 is 0 Å². The van der Waals surface area contributed by atoms with Crippen molar-refractivity contribution in [1.29, 1.82) is 0 Å². The Kier molecular flexibility index (Phi) is 1.36. The summed E-state index contributed by atoms with van der Waals surface area (Å²) in [6.07, 6.45) is 5.74. The van der Waals surface area contributed by atoms with Gasteiger partial charge in [0.25, 0.3) is 0 Å². The van der Waals surface area contributed by atoms with Crippen molar-refractivity contribution < 1.29 is 0 Å². The Morgan fingerprint density at radius 1 is 0.900 bits per heavy atom. The quantitative estimate of drug-likeness (QED) is 0.449. The first kappa shape index (κ1) is 6.45. The summed E-state index contributed by atoms with van der Waals surface area (Å²) in [4.78, 5) is 0. The van der Waals surface area contributed by atoms with Crippen LogP contribution in [0.25, 0.3) is 0 Å². The minimum atomic E-state index is 0.926. The van der Waals surface area contributed by atoms with Crippen molar-refractivity contribution in [1.82, 2.24) is 0 Å². The average molecular weight is 136 g/mol. The normalized spacial score (nSPS) is 39.0. The number of allylic oxidation sites excluding steroid dienone is 2. The third kappa shape index (κ3) is 0.680. The van der Waals surface area contributed by atoms with E-state index in [1.807, 2.05) is 11.1 Å². The van der Waals surface area contributed by atoms with E-state index in [9.17, 15) is 0 Å². The molecular weight excluding hydrogens is 120 g/mol. The second kappa shape index (κ2) is 2.11. The van der Waals surface area contributed by atoms with Gasteiger partial charge < -0.3 is 0 Å². The van der Waals surface area contributed by atoms with E-state index in [4.69, 9.17) is 0 Å². The van der Waals surface area contributed by atoms with Gasteiger partial charge in [0.15, 0.2) is 0 Å². The van der Waals surface area contributed by atoms with Crippen LogP contribution in [0.15, 0.2) is 11.1 Å². The molecule has 0 saturated heterocycles. The van der Waals surface area contributed by atoms with Crippen molar-refractivity contribution in [2.45, 2.75) is 39.5 Å². The molecule has 10 heavy (non-hydrogen) atoms. The summed E-state index contributed by atoms with van der Waals surface area (Å²) in [5.41, 5.74) is 3.64. The van der Waals surface area contributed by atoms with E-state index in [1.54, 1.807) is 0 Å². The van der Waals surface area contributed by atoms with E-state index < -0.39 is 0 Å². The van der Waals surface area contributed by atoms with Crippen LogP contribution in [0.2, 0.25) is 0 Å². The molecule has 0 heterocycles. The molecule has 2 rings (SSSR count). The summed E-state index contributed by atoms with van der Waals surface area (Å²) < 4.78 is 0. The first-order valence-electron chi connectivity index (χ1n) is 4.52. The fraction of sp³-hybridized carbons (Fsp3) is 0.800. The van der Waals surface area contributed by atoms with Crippen LogP contribution in [0.1, 0.15) is 39.5 Å². The molecule has 0 bridgehead atoms. The third-order valence-electron chi connectivity index (χ3n) is 3.40. The summed E-state index contributed by atoms with van der Waals surface area (Å²) >= 11 is 0. The molecule has 0 unspecified atom stereocenters. The number of hydrogen-bond acceptors (Lipinski definition) is 0. The van der Waals surface area contributed by atoms with Crippen molar-refractivity contribution in [3.05, 3.63) is 11.1 Å². The maximum Gasteiger partial charge on any atom is -0.0166 e. The molecule has 0 N–H and O–H groups in total. The van der Waals surface area contributed by atoms with Crippen LogP contribution >= 0.6 is 0 Å². The predicted octanol–water partition coefficient (Wildman–Crippen LogP) is 3.14. The zero-order chi connectivity index (χ0) is 7.14. The summed E-state index contributed by atoms with van der Waals surface area (Å²) in [6, 6.07) is 0. The second-order valence-electron chi connectivity index (χ2n) is 3.83. The lowest BCUT2D eigenvalue weighted by Crippen LogP contribution is -2.28. The van der Waals surface area contributed by atoms with Gasteiger partial charge in [-0.15, -0.1) is 0 Å². The number of hydrogen-bond donors (Lipinski definition) is 0. The van der Waals surface area contributed by atoms with Gasteiger partial charge in [0.2, 0.25) is 0 Å². The highest BCUT2D eigenvalue weighted by Crippen LogP contribution is 2.47. The lowest BCUT2D eigenvalue weighted by atomic mass is 9.64. The Bertz CT molecular complexity index is 156. The Morgan fingerprint density at radius 3 is 1.70 bits per heavy atom. The molecule has 2 aliphatic carbocycles. The van der Waals surface area contributed by atoms with E-state index in [0.29, 0.717) is 0 Å². The first-order chi connectivity index (χ1) is 4.80. The highest BCUT2D eigenvalue weighted by atomic mass is 14.4. The molecule has 0 aromatic heterocycles. The number of rotatable bonds is 0. The summed E-state index contributed by atoms with van der Waals surface area (Å²) in [6.45, 7) is 4.77. The van der Waals surface area contributed by atoms with Gasteiger partial charge in [-0.2, -0.15) is 0 Å². The molecule has 2 aliphatic rings. The molecule has 0 heteroatoms. The van der Waals surface area contributed by atoms with E-state index in [2.05, 4.69) is 13.8 Å². The molecule has 0 amide bonds. The lowest BCUT2D eigenvalue weighted by Gasteiger charge is -2.41. The Labute approximate surface area is 63.3 Å². The van der Waals surface area contributed by atoms with Crippen LogP contribution in [0.5, 0.6) is 0 Å². The fourth-order valence-corrected chi connectivity index (χ4v) is 2.50. The molecule has 0 aromatic carbocycles.